The minimum atomic E-state index is -0.673. The van der Waals surface area contributed by atoms with Crippen molar-refractivity contribution in [2.75, 3.05) is 12.3 Å². The van der Waals surface area contributed by atoms with Gasteiger partial charge in [0, 0.05) is 35.5 Å². The standard InChI is InChI=1S/C25H27N5O3/c1-24(33)12-17(13-24)22-28-19(20-21(26)27-8-10-29(20)22)16-4-3-15-5-9-30(23(32)18(15)11-16)25(14-31)6-2-7-25/h3-5,8-11,17,31,33H,2,6-7,12-14H2,1H3,(H2,26,27). The fourth-order valence-electron chi connectivity index (χ4n) is 5.58. The summed E-state index contributed by atoms with van der Waals surface area (Å²) in [6.07, 6.45) is 9.19. The molecule has 8 nitrogen and oxygen atoms in total. The van der Waals surface area contributed by atoms with Crippen LogP contribution in [-0.4, -0.2) is 41.4 Å². The molecule has 3 aromatic heterocycles. The Morgan fingerprint density at radius 1 is 1.21 bits per heavy atom. The molecule has 0 unspecified atom stereocenters. The van der Waals surface area contributed by atoms with Gasteiger partial charge >= 0.3 is 0 Å². The van der Waals surface area contributed by atoms with Gasteiger partial charge in [0.25, 0.3) is 5.56 Å². The van der Waals surface area contributed by atoms with Gasteiger partial charge in [-0.25, -0.2) is 9.97 Å². The van der Waals surface area contributed by atoms with Gasteiger partial charge in [0.15, 0.2) is 0 Å². The highest BCUT2D eigenvalue weighted by Crippen LogP contribution is 2.45. The lowest BCUT2D eigenvalue weighted by atomic mass is 9.72. The van der Waals surface area contributed by atoms with Crippen LogP contribution in [0, 0.1) is 0 Å². The highest BCUT2D eigenvalue weighted by molar-refractivity contribution is 5.91. The first kappa shape index (κ1) is 20.4. The number of imidazole rings is 1. The Morgan fingerprint density at radius 2 is 2.00 bits per heavy atom. The number of nitrogens with two attached hydrogens (primary N) is 1. The SMILES string of the molecule is CC1(O)CC(c2nc(-c3ccc4ccn(C5(CO)CCC5)c(=O)c4c3)c3c(N)nccn23)C1. The number of aliphatic hydroxyl groups is 2. The Hall–Kier alpha value is -3.23. The lowest BCUT2D eigenvalue weighted by molar-refractivity contribution is -0.0335. The molecule has 2 aliphatic carbocycles. The minimum absolute atomic E-state index is 0.0412. The maximum Gasteiger partial charge on any atom is 0.259 e. The van der Waals surface area contributed by atoms with Gasteiger partial charge in [0.05, 0.1) is 17.7 Å². The van der Waals surface area contributed by atoms with E-state index in [1.165, 1.54) is 0 Å². The van der Waals surface area contributed by atoms with Gasteiger partial charge in [-0.15, -0.1) is 0 Å². The van der Waals surface area contributed by atoms with E-state index in [2.05, 4.69) is 4.98 Å². The molecule has 3 heterocycles. The summed E-state index contributed by atoms with van der Waals surface area (Å²) in [5.74, 6) is 1.35. The molecule has 0 amide bonds. The number of rotatable bonds is 4. The molecule has 170 valence electrons. The van der Waals surface area contributed by atoms with E-state index in [1.54, 1.807) is 17.0 Å². The first-order chi connectivity index (χ1) is 15.8. The fraction of sp³-hybridized carbons (Fsp3) is 0.400. The van der Waals surface area contributed by atoms with Gasteiger partial charge in [0.1, 0.15) is 22.9 Å². The summed E-state index contributed by atoms with van der Waals surface area (Å²) >= 11 is 0. The number of aromatic nitrogens is 4. The number of benzene rings is 1. The van der Waals surface area contributed by atoms with E-state index in [0.717, 1.165) is 36.0 Å². The highest BCUT2D eigenvalue weighted by atomic mass is 16.3. The Kier molecular flexibility index (Phi) is 4.25. The molecule has 4 aromatic rings. The first-order valence-corrected chi connectivity index (χ1v) is 11.4. The number of aliphatic hydroxyl groups excluding tert-OH is 1. The summed E-state index contributed by atoms with van der Waals surface area (Å²) in [5.41, 5.74) is 7.18. The van der Waals surface area contributed by atoms with E-state index in [1.807, 2.05) is 41.8 Å². The normalized spacial score (nSPS) is 24.0. The van der Waals surface area contributed by atoms with Gasteiger partial charge in [-0.3, -0.25) is 9.20 Å². The molecule has 0 saturated heterocycles. The monoisotopic (exact) mass is 445 g/mol. The maximum absolute atomic E-state index is 13.4. The van der Waals surface area contributed by atoms with Crippen LogP contribution < -0.4 is 11.3 Å². The highest BCUT2D eigenvalue weighted by Gasteiger charge is 2.42. The summed E-state index contributed by atoms with van der Waals surface area (Å²) in [6, 6.07) is 7.67. The first-order valence-electron chi connectivity index (χ1n) is 11.4. The van der Waals surface area contributed by atoms with Crippen LogP contribution in [0.2, 0.25) is 0 Å². The van der Waals surface area contributed by atoms with Crippen LogP contribution in [0.4, 0.5) is 5.82 Å². The van der Waals surface area contributed by atoms with Crippen LogP contribution in [0.15, 0.2) is 47.7 Å². The van der Waals surface area contributed by atoms with Gasteiger partial charge in [-0.05, 0) is 56.5 Å². The van der Waals surface area contributed by atoms with E-state index in [4.69, 9.17) is 10.7 Å². The second kappa shape index (κ2) is 6.88. The van der Waals surface area contributed by atoms with E-state index >= 15 is 0 Å². The molecule has 4 N–H and O–H groups in total. The van der Waals surface area contributed by atoms with Crippen LogP contribution in [0.3, 0.4) is 0 Å². The topological polar surface area (TPSA) is 119 Å². The van der Waals surface area contributed by atoms with Crippen molar-refractivity contribution in [2.45, 2.75) is 56.1 Å². The second-order valence-electron chi connectivity index (χ2n) is 9.98. The van der Waals surface area contributed by atoms with Crippen molar-refractivity contribution in [3.8, 4) is 11.3 Å². The number of nitrogen functional groups attached to an aromatic ring is 1. The molecule has 2 aliphatic rings. The molecule has 0 atom stereocenters. The third-order valence-corrected chi connectivity index (χ3v) is 7.62. The van der Waals surface area contributed by atoms with Gasteiger partial charge in [-0.1, -0.05) is 12.1 Å². The molecule has 0 spiro atoms. The van der Waals surface area contributed by atoms with Crippen molar-refractivity contribution in [3.63, 3.8) is 0 Å². The number of nitrogens with zero attached hydrogens (tertiary/aromatic N) is 4. The average Bonchev–Trinajstić information content (AvgIpc) is 3.14. The second-order valence-corrected chi connectivity index (χ2v) is 9.98. The maximum atomic E-state index is 13.4. The van der Waals surface area contributed by atoms with Crippen LogP contribution >= 0.6 is 0 Å². The molecule has 0 radical (unpaired) electrons. The summed E-state index contributed by atoms with van der Waals surface area (Å²) in [7, 11) is 0. The largest absolute Gasteiger partial charge is 0.394 e. The summed E-state index contributed by atoms with van der Waals surface area (Å²) < 4.78 is 3.66. The third-order valence-electron chi connectivity index (χ3n) is 7.62. The fourth-order valence-corrected chi connectivity index (χ4v) is 5.58. The van der Waals surface area contributed by atoms with Gasteiger partial charge in [0.2, 0.25) is 0 Å². The smallest absolute Gasteiger partial charge is 0.259 e. The van der Waals surface area contributed by atoms with Crippen LogP contribution in [0.1, 0.15) is 50.8 Å². The Labute approximate surface area is 190 Å². The summed E-state index contributed by atoms with van der Waals surface area (Å²) in [5, 5.41) is 21.7. The number of hydrogen-bond acceptors (Lipinski definition) is 6. The quantitative estimate of drug-likeness (QED) is 0.444. The van der Waals surface area contributed by atoms with E-state index < -0.39 is 11.1 Å². The van der Waals surface area contributed by atoms with Crippen molar-refractivity contribution in [1.29, 1.82) is 0 Å². The van der Waals surface area contributed by atoms with Crippen LogP contribution in [-0.2, 0) is 5.54 Å². The van der Waals surface area contributed by atoms with E-state index in [0.29, 0.717) is 35.3 Å². The molecular weight excluding hydrogens is 418 g/mol. The summed E-state index contributed by atoms with van der Waals surface area (Å²) in [6.45, 7) is 1.80. The lowest BCUT2D eigenvalue weighted by Gasteiger charge is -2.42. The van der Waals surface area contributed by atoms with Gasteiger partial charge < -0.3 is 20.5 Å². The van der Waals surface area contributed by atoms with Crippen LogP contribution in [0.25, 0.3) is 27.5 Å². The zero-order valence-electron chi connectivity index (χ0n) is 18.5. The minimum Gasteiger partial charge on any atom is -0.394 e. The van der Waals surface area contributed by atoms with E-state index in [-0.39, 0.29) is 18.1 Å². The van der Waals surface area contributed by atoms with Crippen molar-refractivity contribution in [2.24, 2.45) is 0 Å². The predicted octanol–water partition coefficient (Wildman–Crippen LogP) is 2.79. The van der Waals surface area contributed by atoms with Crippen LogP contribution in [0.5, 0.6) is 0 Å². The molecular formula is C25H27N5O3. The number of hydrogen-bond donors (Lipinski definition) is 3. The third kappa shape index (κ3) is 2.94. The number of anilines is 1. The summed E-state index contributed by atoms with van der Waals surface area (Å²) in [4.78, 5) is 22.7. The van der Waals surface area contributed by atoms with Gasteiger partial charge in [-0.2, -0.15) is 0 Å². The lowest BCUT2D eigenvalue weighted by Crippen LogP contribution is -2.48. The molecule has 33 heavy (non-hydrogen) atoms. The number of pyridine rings is 1. The zero-order valence-corrected chi connectivity index (χ0v) is 18.5. The average molecular weight is 446 g/mol. The Bertz CT molecular complexity index is 1450. The molecule has 0 aliphatic heterocycles. The van der Waals surface area contributed by atoms with Crippen molar-refractivity contribution >= 4 is 22.1 Å². The Morgan fingerprint density at radius 3 is 2.67 bits per heavy atom. The number of fused-ring (bicyclic) bond motifs is 2. The molecule has 1 aromatic carbocycles. The molecule has 6 rings (SSSR count). The van der Waals surface area contributed by atoms with Crippen molar-refractivity contribution < 1.29 is 10.2 Å². The molecule has 2 fully saturated rings. The predicted molar refractivity (Wildman–Crippen MR) is 126 cm³/mol. The Balaban J connectivity index is 1.53. The zero-order chi connectivity index (χ0) is 23.0. The van der Waals surface area contributed by atoms with E-state index in [9.17, 15) is 15.0 Å². The molecule has 8 heteroatoms. The molecule has 0 bridgehead atoms. The van der Waals surface area contributed by atoms with Crippen molar-refractivity contribution in [3.05, 3.63) is 59.0 Å². The van der Waals surface area contributed by atoms with Crippen molar-refractivity contribution in [1.82, 2.24) is 18.9 Å². The molecule has 2 saturated carbocycles.